The van der Waals surface area contributed by atoms with E-state index in [1.807, 2.05) is 6.92 Å². The number of aromatic nitrogens is 3. The maximum atomic E-state index is 9.04. The number of methoxy groups -OCH3 is 2. The molecule has 0 saturated carbocycles. The van der Waals surface area contributed by atoms with Gasteiger partial charge in [-0.25, -0.2) is 0 Å². The van der Waals surface area contributed by atoms with Crippen LogP contribution in [0, 0.1) is 0 Å². The van der Waals surface area contributed by atoms with Crippen LogP contribution >= 0.6 is 0 Å². The molecule has 90 valence electrons. The van der Waals surface area contributed by atoms with E-state index >= 15 is 0 Å². The predicted molar refractivity (Wildman–Crippen MR) is 57.9 cm³/mol. The zero-order valence-electron chi connectivity index (χ0n) is 9.84. The Labute approximate surface area is 94.1 Å². The summed E-state index contributed by atoms with van der Waals surface area (Å²) in [4.78, 5) is 13.7. The average molecular weight is 228 g/mol. The maximum absolute atomic E-state index is 9.04. The average Bonchev–Trinajstić information content (AvgIpc) is 2.35. The molecule has 1 heterocycles. The summed E-state index contributed by atoms with van der Waals surface area (Å²) in [5, 5.41) is 9.04. The van der Waals surface area contributed by atoms with Crippen molar-refractivity contribution in [1.82, 2.24) is 15.0 Å². The Bertz CT molecular complexity index is 325. The van der Waals surface area contributed by atoms with Gasteiger partial charge in [0.2, 0.25) is 5.95 Å². The Morgan fingerprint density at radius 2 is 1.69 bits per heavy atom. The minimum absolute atomic E-state index is 0.00676. The first kappa shape index (κ1) is 12.4. The third-order valence-electron chi connectivity index (χ3n) is 2.19. The van der Waals surface area contributed by atoms with Crippen molar-refractivity contribution in [2.24, 2.45) is 0 Å². The molecule has 7 heteroatoms. The minimum atomic E-state index is -0.100. The molecule has 1 N–H and O–H groups in total. The van der Waals surface area contributed by atoms with Gasteiger partial charge < -0.3 is 19.5 Å². The second kappa shape index (κ2) is 5.45. The fourth-order valence-electron chi connectivity index (χ4n) is 0.988. The van der Waals surface area contributed by atoms with E-state index in [1.54, 1.807) is 11.9 Å². The normalized spacial score (nSPS) is 12.1. The first-order chi connectivity index (χ1) is 7.62. The van der Waals surface area contributed by atoms with Crippen LogP contribution in [0.15, 0.2) is 0 Å². The highest BCUT2D eigenvalue weighted by Crippen LogP contribution is 2.16. The highest BCUT2D eigenvalue weighted by molar-refractivity contribution is 5.32. The molecule has 1 aromatic rings. The summed E-state index contributed by atoms with van der Waals surface area (Å²) in [7, 11) is 4.71. The SMILES string of the molecule is COc1nc(OC)nc(N(C)C(C)CO)n1. The van der Waals surface area contributed by atoms with E-state index in [2.05, 4.69) is 15.0 Å². The predicted octanol–water partition coefficient (Wildman–Crippen LogP) is -0.294. The molecule has 0 aliphatic rings. The van der Waals surface area contributed by atoms with Gasteiger partial charge in [0.1, 0.15) is 0 Å². The van der Waals surface area contributed by atoms with Crippen LogP contribution in [-0.4, -0.2) is 54.0 Å². The summed E-state index contributed by atoms with van der Waals surface area (Å²) in [6.45, 7) is 1.86. The number of ether oxygens (including phenoxy) is 2. The molecule has 1 unspecified atom stereocenters. The molecule has 0 aliphatic carbocycles. The van der Waals surface area contributed by atoms with E-state index in [0.29, 0.717) is 5.95 Å². The van der Waals surface area contributed by atoms with Gasteiger partial charge in [0, 0.05) is 7.05 Å². The lowest BCUT2D eigenvalue weighted by atomic mass is 10.3. The molecule has 0 saturated heterocycles. The third kappa shape index (κ3) is 2.69. The number of hydrogen-bond donors (Lipinski definition) is 1. The summed E-state index contributed by atoms with van der Waals surface area (Å²) in [6, 6.07) is 0.259. The molecule has 0 spiro atoms. The van der Waals surface area contributed by atoms with Gasteiger partial charge in [-0.05, 0) is 6.92 Å². The van der Waals surface area contributed by atoms with E-state index in [1.165, 1.54) is 14.2 Å². The van der Waals surface area contributed by atoms with Crippen molar-refractivity contribution in [2.45, 2.75) is 13.0 Å². The Kier molecular flexibility index (Phi) is 4.24. The van der Waals surface area contributed by atoms with E-state index in [9.17, 15) is 0 Å². The van der Waals surface area contributed by atoms with Crippen LogP contribution in [0.25, 0.3) is 0 Å². The van der Waals surface area contributed by atoms with Gasteiger partial charge in [0.25, 0.3) is 0 Å². The first-order valence-corrected chi connectivity index (χ1v) is 4.80. The van der Waals surface area contributed by atoms with Gasteiger partial charge in [-0.1, -0.05) is 0 Å². The molecule has 0 aliphatic heterocycles. The molecule has 7 nitrogen and oxygen atoms in total. The van der Waals surface area contributed by atoms with Crippen LogP contribution in [0.2, 0.25) is 0 Å². The number of aliphatic hydroxyl groups excluding tert-OH is 1. The van der Waals surface area contributed by atoms with E-state index < -0.39 is 0 Å². The topological polar surface area (TPSA) is 80.6 Å². The summed E-state index contributed by atoms with van der Waals surface area (Å²) in [6.07, 6.45) is 0. The Morgan fingerprint density at radius 3 is 2.06 bits per heavy atom. The third-order valence-corrected chi connectivity index (χ3v) is 2.19. The summed E-state index contributed by atoms with van der Waals surface area (Å²) >= 11 is 0. The van der Waals surface area contributed by atoms with Crippen molar-refractivity contribution in [3.8, 4) is 12.0 Å². The number of anilines is 1. The Hall–Kier alpha value is -1.63. The fourth-order valence-corrected chi connectivity index (χ4v) is 0.988. The summed E-state index contributed by atoms with van der Waals surface area (Å²) < 4.78 is 9.86. The lowest BCUT2D eigenvalue weighted by Crippen LogP contribution is -2.33. The highest BCUT2D eigenvalue weighted by atomic mass is 16.5. The number of nitrogens with zero attached hydrogens (tertiary/aromatic N) is 4. The largest absolute Gasteiger partial charge is 0.467 e. The van der Waals surface area contributed by atoms with Gasteiger partial charge in [-0.2, -0.15) is 9.97 Å². The zero-order valence-corrected chi connectivity index (χ0v) is 9.84. The van der Waals surface area contributed by atoms with Crippen LogP contribution in [0.4, 0.5) is 5.95 Å². The van der Waals surface area contributed by atoms with Gasteiger partial charge in [-0.3, -0.25) is 0 Å². The van der Waals surface area contributed by atoms with E-state index in [4.69, 9.17) is 14.6 Å². The fraction of sp³-hybridized carbons (Fsp3) is 0.667. The Morgan fingerprint density at radius 1 is 1.19 bits per heavy atom. The zero-order chi connectivity index (χ0) is 12.1. The summed E-state index contributed by atoms with van der Waals surface area (Å²) in [5.41, 5.74) is 0. The van der Waals surface area contributed by atoms with Crippen LogP contribution in [0.3, 0.4) is 0 Å². The van der Waals surface area contributed by atoms with Crippen LogP contribution in [-0.2, 0) is 0 Å². The number of hydrogen-bond acceptors (Lipinski definition) is 7. The quantitative estimate of drug-likeness (QED) is 0.741. The van der Waals surface area contributed by atoms with Crippen LogP contribution < -0.4 is 14.4 Å². The van der Waals surface area contributed by atoms with Crippen LogP contribution in [0.5, 0.6) is 12.0 Å². The molecule has 0 aromatic carbocycles. The lowest BCUT2D eigenvalue weighted by molar-refractivity contribution is 0.268. The van der Waals surface area contributed by atoms with Gasteiger partial charge in [0.05, 0.1) is 26.9 Å². The molecule has 0 radical (unpaired) electrons. The van der Waals surface area contributed by atoms with Crippen molar-refractivity contribution in [1.29, 1.82) is 0 Å². The molecular formula is C9H16N4O3. The van der Waals surface area contributed by atoms with Crippen molar-refractivity contribution in [3.05, 3.63) is 0 Å². The van der Waals surface area contributed by atoms with Gasteiger partial charge in [-0.15, -0.1) is 4.98 Å². The number of rotatable bonds is 5. The smallest absolute Gasteiger partial charge is 0.324 e. The molecule has 1 atom stereocenters. The monoisotopic (exact) mass is 228 g/mol. The van der Waals surface area contributed by atoms with Crippen molar-refractivity contribution >= 4 is 5.95 Å². The standard InChI is InChI=1S/C9H16N4O3/c1-6(5-14)13(2)7-10-8(15-3)12-9(11-7)16-4/h6,14H,5H2,1-4H3. The number of likely N-dealkylation sites (N-methyl/N-ethyl adjacent to an activating group) is 1. The van der Waals surface area contributed by atoms with Crippen molar-refractivity contribution in [2.75, 3.05) is 32.8 Å². The molecule has 1 aromatic heterocycles. The summed E-state index contributed by atoms with van der Waals surface area (Å²) in [5.74, 6) is 0.394. The first-order valence-electron chi connectivity index (χ1n) is 4.80. The Balaban J connectivity index is 3.02. The number of aliphatic hydroxyl groups is 1. The second-order valence-electron chi connectivity index (χ2n) is 3.25. The van der Waals surface area contributed by atoms with E-state index in [-0.39, 0.29) is 24.7 Å². The molecule has 1 rings (SSSR count). The minimum Gasteiger partial charge on any atom is -0.467 e. The second-order valence-corrected chi connectivity index (χ2v) is 3.25. The molecular weight excluding hydrogens is 212 g/mol. The van der Waals surface area contributed by atoms with Gasteiger partial charge in [0.15, 0.2) is 0 Å². The highest BCUT2D eigenvalue weighted by Gasteiger charge is 2.15. The van der Waals surface area contributed by atoms with E-state index in [0.717, 1.165) is 0 Å². The lowest BCUT2D eigenvalue weighted by Gasteiger charge is -2.22. The van der Waals surface area contributed by atoms with Crippen molar-refractivity contribution in [3.63, 3.8) is 0 Å². The van der Waals surface area contributed by atoms with Gasteiger partial charge >= 0.3 is 12.0 Å². The molecule has 0 amide bonds. The van der Waals surface area contributed by atoms with Crippen LogP contribution in [0.1, 0.15) is 6.92 Å². The molecule has 0 fully saturated rings. The molecule has 16 heavy (non-hydrogen) atoms. The maximum Gasteiger partial charge on any atom is 0.324 e. The molecule has 0 bridgehead atoms. The van der Waals surface area contributed by atoms with Crippen molar-refractivity contribution < 1.29 is 14.6 Å².